The number of benzene rings is 1. The van der Waals surface area contributed by atoms with E-state index >= 15 is 0 Å². The van der Waals surface area contributed by atoms with Crippen LogP contribution in [0.4, 0.5) is 4.39 Å². The molecule has 2 atom stereocenters. The summed E-state index contributed by atoms with van der Waals surface area (Å²) >= 11 is 0. The highest BCUT2D eigenvalue weighted by atomic mass is 19.1. The highest BCUT2D eigenvalue weighted by Crippen LogP contribution is 2.29. The molecule has 2 rings (SSSR count). The smallest absolute Gasteiger partial charge is 0.169 e. The van der Waals surface area contributed by atoms with Crippen molar-refractivity contribution < 1.29 is 18.6 Å². The molecule has 1 N–H and O–H groups in total. The van der Waals surface area contributed by atoms with Crippen molar-refractivity contribution in [1.29, 1.82) is 0 Å². The minimum Gasteiger partial charge on any atom is -0.494 e. The number of ether oxygens (including phenoxy) is 3. The number of halogens is 1. The van der Waals surface area contributed by atoms with E-state index in [0.29, 0.717) is 25.4 Å². The number of hydrogen-bond acceptors (Lipinski definition) is 4. The Morgan fingerprint density at radius 2 is 2.30 bits per heavy atom. The van der Waals surface area contributed by atoms with Crippen LogP contribution >= 0.6 is 0 Å². The third-order valence-corrected chi connectivity index (χ3v) is 3.38. The van der Waals surface area contributed by atoms with Crippen molar-refractivity contribution in [3.63, 3.8) is 0 Å². The minimum absolute atomic E-state index is 0.183. The molecule has 0 spiro atoms. The average Bonchev–Trinajstić information content (AvgIpc) is 2.50. The SMILES string of the molecule is CCCNC(c1cccc(OC)c1F)C1COCCO1. The van der Waals surface area contributed by atoms with Gasteiger partial charge in [0.2, 0.25) is 0 Å². The number of rotatable bonds is 6. The molecule has 0 amide bonds. The largest absolute Gasteiger partial charge is 0.494 e. The van der Waals surface area contributed by atoms with Crippen LogP contribution in [0.5, 0.6) is 5.75 Å². The fourth-order valence-corrected chi connectivity index (χ4v) is 2.37. The number of nitrogens with one attached hydrogen (secondary N) is 1. The first-order chi connectivity index (χ1) is 9.77. The lowest BCUT2D eigenvalue weighted by molar-refractivity contribution is -0.102. The quantitative estimate of drug-likeness (QED) is 0.869. The standard InChI is InChI=1S/C15H22FNO3/c1-3-7-17-15(13-10-19-8-9-20-13)11-5-4-6-12(18-2)14(11)16/h4-6,13,15,17H,3,7-10H2,1-2H3. The number of hydrogen-bond donors (Lipinski definition) is 1. The van der Waals surface area contributed by atoms with E-state index < -0.39 is 0 Å². The summed E-state index contributed by atoms with van der Waals surface area (Å²) in [5.41, 5.74) is 0.563. The summed E-state index contributed by atoms with van der Waals surface area (Å²) in [6, 6.07) is 4.95. The Morgan fingerprint density at radius 1 is 1.45 bits per heavy atom. The normalized spacial score (nSPS) is 20.6. The topological polar surface area (TPSA) is 39.7 Å². The van der Waals surface area contributed by atoms with Gasteiger partial charge in [-0.25, -0.2) is 4.39 Å². The molecule has 1 aromatic carbocycles. The van der Waals surface area contributed by atoms with Crippen LogP contribution in [0, 0.1) is 5.82 Å². The first-order valence-corrected chi connectivity index (χ1v) is 7.03. The zero-order chi connectivity index (χ0) is 14.4. The lowest BCUT2D eigenvalue weighted by atomic mass is 10.00. The monoisotopic (exact) mass is 283 g/mol. The van der Waals surface area contributed by atoms with Crippen molar-refractivity contribution in [2.45, 2.75) is 25.5 Å². The van der Waals surface area contributed by atoms with Crippen LogP contribution in [-0.2, 0) is 9.47 Å². The zero-order valence-corrected chi connectivity index (χ0v) is 12.0. The molecule has 1 aliphatic heterocycles. The maximum Gasteiger partial charge on any atom is 0.169 e. The molecule has 1 heterocycles. The van der Waals surface area contributed by atoms with Crippen molar-refractivity contribution in [1.82, 2.24) is 5.32 Å². The molecule has 0 aromatic heterocycles. The molecule has 0 bridgehead atoms. The van der Waals surface area contributed by atoms with Gasteiger partial charge in [0, 0.05) is 5.56 Å². The van der Waals surface area contributed by atoms with Gasteiger partial charge in [-0.1, -0.05) is 19.1 Å². The summed E-state index contributed by atoms with van der Waals surface area (Å²) in [6.07, 6.45) is 0.785. The Kier molecular flexibility index (Phi) is 5.76. The molecule has 0 saturated carbocycles. The zero-order valence-electron chi connectivity index (χ0n) is 12.0. The summed E-state index contributed by atoms with van der Waals surface area (Å²) < 4.78 is 30.7. The van der Waals surface area contributed by atoms with Gasteiger partial charge in [-0.15, -0.1) is 0 Å². The highest BCUT2D eigenvalue weighted by molar-refractivity contribution is 5.33. The third-order valence-electron chi connectivity index (χ3n) is 3.38. The Labute approximate surface area is 119 Å². The van der Waals surface area contributed by atoms with E-state index in [-0.39, 0.29) is 23.7 Å². The minimum atomic E-state index is -0.335. The molecule has 1 saturated heterocycles. The Balaban J connectivity index is 2.25. The van der Waals surface area contributed by atoms with Crippen LogP contribution in [0.25, 0.3) is 0 Å². The van der Waals surface area contributed by atoms with Gasteiger partial charge >= 0.3 is 0 Å². The van der Waals surface area contributed by atoms with Gasteiger partial charge in [-0.05, 0) is 19.0 Å². The fraction of sp³-hybridized carbons (Fsp3) is 0.600. The van der Waals surface area contributed by atoms with Crippen LogP contribution in [0.15, 0.2) is 18.2 Å². The molecule has 5 heteroatoms. The highest BCUT2D eigenvalue weighted by Gasteiger charge is 2.29. The van der Waals surface area contributed by atoms with Gasteiger partial charge < -0.3 is 19.5 Å². The summed E-state index contributed by atoms with van der Waals surface area (Å²) in [6.45, 7) is 4.47. The first-order valence-electron chi connectivity index (χ1n) is 7.03. The van der Waals surface area contributed by atoms with Gasteiger partial charge in [0.05, 0.1) is 33.0 Å². The lowest BCUT2D eigenvalue weighted by Crippen LogP contribution is -2.41. The molecular formula is C15H22FNO3. The van der Waals surface area contributed by atoms with E-state index in [1.807, 2.05) is 0 Å². The van der Waals surface area contributed by atoms with Crippen LogP contribution < -0.4 is 10.1 Å². The van der Waals surface area contributed by atoms with E-state index in [2.05, 4.69) is 12.2 Å². The van der Waals surface area contributed by atoms with E-state index in [1.165, 1.54) is 7.11 Å². The van der Waals surface area contributed by atoms with Crippen LogP contribution in [0.1, 0.15) is 24.9 Å². The summed E-state index contributed by atoms with van der Waals surface area (Å²) in [5, 5.41) is 3.35. The fourth-order valence-electron chi connectivity index (χ4n) is 2.37. The molecule has 1 aliphatic rings. The third kappa shape index (κ3) is 3.48. The van der Waals surface area contributed by atoms with Gasteiger partial charge in [0.25, 0.3) is 0 Å². The van der Waals surface area contributed by atoms with Gasteiger partial charge in [-0.3, -0.25) is 0 Å². The second-order valence-corrected chi connectivity index (χ2v) is 4.78. The lowest BCUT2D eigenvalue weighted by Gasteiger charge is -2.31. The molecule has 4 nitrogen and oxygen atoms in total. The van der Waals surface area contributed by atoms with Gasteiger partial charge in [0.1, 0.15) is 6.10 Å². The van der Waals surface area contributed by atoms with E-state index in [9.17, 15) is 4.39 Å². The predicted molar refractivity (Wildman–Crippen MR) is 74.5 cm³/mol. The van der Waals surface area contributed by atoms with Gasteiger partial charge in [-0.2, -0.15) is 0 Å². The molecule has 0 radical (unpaired) electrons. The molecule has 2 unspecified atom stereocenters. The summed E-state index contributed by atoms with van der Waals surface area (Å²) in [5.74, 6) is -0.0831. The number of methoxy groups -OCH3 is 1. The van der Waals surface area contributed by atoms with Crippen molar-refractivity contribution in [3.8, 4) is 5.75 Å². The molecule has 20 heavy (non-hydrogen) atoms. The Bertz CT molecular complexity index is 422. The van der Waals surface area contributed by atoms with Crippen molar-refractivity contribution in [3.05, 3.63) is 29.6 Å². The predicted octanol–water partition coefficient (Wildman–Crippen LogP) is 2.29. The molecule has 1 aromatic rings. The Hall–Kier alpha value is -1.17. The van der Waals surface area contributed by atoms with Crippen molar-refractivity contribution >= 4 is 0 Å². The maximum atomic E-state index is 14.4. The second-order valence-electron chi connectivity index (χ2n) is 4.78. The Morgan fingerprint density at radius 3 is 2.95 bits per heavy atom. The molecule has 112 valence electrons. The van der Waals surface area contributed by atoms with Crippen molar-refractivity contribution in [2.24, 2.45) is 0 Å². The summed E-state index contributed by atoms with van der Waals surface area (Å²) in [7, 11) is 1.47. The molecule has 1 fully saturated rings. The van der Waals surface area contributed by atoms with E-state index in [1.54, 1.807) is 18.2 Å². The first kappa shape index (κ1) is 15.2. The average molecular weight is 283 g/mol. The molecule has 0 aliphatic carbocycles. The van der Waals surface area contributed by atoms with Crippen LogP contribution in [-0.4, -0.2) is 39.6 Å². The maximum absolute atomic E-state index is 14.4. The van der Waals surface area contributed by atoms with Crippen molar-refractivity contribution in [2.75, 3.05) is 33.5 Å². The van der Waals surface area contributed by atoms with Gasteiger partial charge in [0.15, 0.2) is 11.6 Å². The van der Waals surface area contributed by atoms with Crippen LogP contribution in [0.3, 0.4) is 0 Å². The van der Waals surface area contributed by atoms with Crippen LogP contribution in [0.2, 0.25) is 0 Å². The summed E-state index contributed by atoms with van der Waals surface area (Å²) in [4.78, 5) is 0. The van der Waals surface area contributed by atoms with E-state index in [0.717, 1.165) is 13.0 Å². The molecular weight excluding hydrogens is 261 g/mol. The second kappa shape index (κ2) is 7.57. The van der Waals surface area contributed by atoms with E-state index in [4.69, 9.17) is 14.2 Å².